The lowest BCUT2D eigenvalue weighted by molar-refractivity contribution is 0.139. The standard InChI is InChI=1S/C18H25F2N/c1-12(17-9-7-15(19)11-18(17)20)21-16-8-6-13-4-2-3-5-14(13)10-16/h7,9,11-14,16,21H,2-6,8,10H2,1H3. The lowest BCUT2D eigenvalue weighted by Gasteiger charge is -2.40. The summed E-state index contributed by atoms with van der Waals surface area (Å²) in [7, 11) is 0. The van der Waals surface area contributed by atoms with Crippen molar-refractivity contribution in [3.63, 3.8) is 0 Å². The Kier molecular flexibility index (Phi) is 4.58. The van der Waals surface area contributed by atoms with Crippen molar-refractivity contribution < 1.29 is 8.78 Å². The zero-order valence-electron chi connectivity index (χ0n) is 12.7. The third-order valence-electron chi connectivity index (χ3n) is 5.45. The van der Waals surface area contributed by atoms with Crippen molar-refractivity contribution in [2.24, 2.45) is 11.8 Å². The lowest BCUT2D eigenvalue weighted by atomic mass is 9.69. The van der Waals surface area contributed by atoms with Crippen LogP contribution in [0.3, 0.4) is 0 Å². The second kappa shape index (κ2) is 6.43. The van der Waals surface area contributed by atoms with Crippen LogP contribution >= 0.6 is 0 Å². The smallest absolute Gasteiger partial charge is 0.130 e. The number of fused-ring (bicyclic) bond motifs is 1. The van der Waals surface area contributed by atoms with Gasteiger partial charge in [0.15, 0.2) is 0 Å². The van der Waals surface area contributed by atoms with Gasteiger partial charge in [-0.3, -0.25) is 0 Å². The summed E-state index contributed by atoms with van der Waals surface area (Å²) in [5.41, 5.74) is 0.571. The monoisotopic (exact) mass is 293 g/mol. The van der Waals surface area contributed by atoms with Gasteiger partial charge in [0.05, 0.1) is 0 Å². The summed E-state index contributed by atoms with van der Waals surface area (Å²) >= 11 is 0. The van der Waals surface area contributed by atoms with Crippen LogP contribution in [-0.2, 0) is 0 Å². The van der Waals surface area contributed by atoms with Gasteiger partial charge in [0, 0.05) is 23.7 Å². The Bertz CT molecular complexity index is 488. The Labute approximate surface area is 126 Å². The SMILES string of the molecule is CC(NC1CCC2CCCCC2C1)c1ccc(F)cc1F. The van der Waals surface area contributed by atoms with Crippen LogP contribution in [0.25, 0.3) is 0 Å². The molecule has 0 bridgehead atoms. The highest BCUT2D eigenvalue weighted by atomic mass is 19.1. The molecular weight excluding hydrogens is 268 g/mol. The Morgan fingerprint density at radius 1 is 1.05 bits per heavy atom. The third kappa shape index (κ3) is 3.45. The van der Waals surface area contributed by atoms with E-state index >= 15 is 0 Å². The van der Waals surface area contributed by atoms with Gasteiger partial charge in [0.25, 0.3) is 0 Å². The number of hydrogen-bond acceptors (Lipinski definition) is 1. The molecule has 3 rings (SSSR count). The van der Waals surface area contributed by atoms with Crippen LogP contribution in [-0.4, -0.2) is 6.04 Å². The van der Waals surface area contributed by atoms with E-state index in [-0.39, 0.29) is 6.04 Å². The second-order valence-electron chi connectivity index (χ2n) is 6.87. The van der Waals surface area contributed by atoms with Crippen LogP contribution in [0.15, 0.2) is 18.2 Å². The first-order valence-electron chi connectivity index (χ1n) is 8.34. The van der Waals surface area contributed by atoms with Gasteiger partial charge in [-0.15, -0.1) is 0 Å². The highest BCUT2D eigenvalue weighted by Crippen LogP contribution is 2.40. The highest BCUT2D eigenvalue weighted by Gasteiger charge is 2.32. The normalized spacial score (nSPS) is 30.7. The highest BCUT2D eigenvalue weighted by molar-refractivity contribution is 5.21. The predicted molar refractivity (Wildman–Crippen MR) is 81.0 cm³/mol. The fraction of sp³-hybridized carbons (Fsp3) is 0.667. The molecule has 2 saturated carbocycles. The summed E-state index contributed by atoms with van der Waals surface area (Å²) in [6.45, 7) is 1.98. The van der Waals surface area contributed by atoms with E-state index in [4.69, 9.17) is 0 Å². The van der Waals surface area contributed by atoms with Gasteiger partial charge in [-0.05, 0) is 44.1 Å². The number of nitrogens with one attached hydrogen (secondary N) is 1. The molecular formula is C18H25F2N. The van der Waals surface area contributed by atoms with Crippen molar-refractivity contribution in [3.8, 4) is 0 Å². The summed E-state index contributed by atoms with van der Waals surface area (Å²) in [5.74, 6) is 0.831. The summed E-state index contributed by atoms with van der Waals surface area (Å²) < 4.78 is 26.8. The summed E-state index contributed by atoms with van der Waals surface area (Å²) in [6.07, 6.45) is 9.25. The molecule has 1 aromatic carbocycles. The van der Waals surface area contributed by atoms with Gasteiger partial charge in [-0.1, -0.05) is 31.7 Å². The van der Waals surface area contributed by atoms with Crippen molar-refractivity contribution in [1.29, 1.82) is 0 Å². The minimum atomic E-state index is -0.508. The molecule has 1 aromatic rings. The van der Waals surface area contributed by atoms with Crippen molar-refractivity contribution in [2.75, 3.05) is 0 Å². The van der Waals surface area contributed by atoms with E-state index in [1.807, 2.05) is 6.92 Å². The van der Waals surface area contributed by atoms with Crippen molar-refractivity contribution in [3.05, 3.63) is 35.4 Å². The molecule has 0 saturated heterocycles. The molecule has 0 spiro atoms. The Balaban J connectivity index is 1.61. The molecule has 2 aliphatic carbocycles. The minimum absolute atomic E-state index is 0.0595. The van der Waals surface area contributed by atoms with Gasteiger partial charge < -0.3 is 5.32 Å². The van der Waals surface area contributed by atoms with E-state index in [9.17, 15) is 8.78 Å². The maximum atomic E-state index is 13.8. The molecule has 2 aliphatic rings. The van der Waals surface area contributed by atoms with Crippen molar-refractivity contribution in [2.45, 2.75) is 64.0 Å². The molecule has 3 heteroatoms. The summed E-state index contributed by atoms with van der Waals surface area (Å²) in [4.78, 5) is 0. The maximum absolute atomic E-state index is 13.8. The Morgan fingerprint density at radius 2 is 1.81 bits per heavy atom. The Morgan fingerprint density at radius 3 is 2.57 bits per heavy atom. The molecule has 21 heavy (non-hydrogen) atoms. The predicted octanol–water partition coefficient (Wildman–Crippen LogP) is 4.97. The van der Waals surface area contributed by atoms with Gasteiger partial charge >= 0.3 is 0 Å². The number of hydrogen-bond donors (Lipinski definition) is 1. The zero-order chi connectivity index (χ0) is 14.8. The number of halogens is 2. The number of benzene rings is 1. The molecule has 0 heterocycles. The van der Waals surface area contributed by atoms with E-state index in [0.29, 0.717) is 11.6 Å². The molecule has 1 N–H and O–H groups in total. The molecule has 4 unspecified atom stereocenters. The van der Waals surface area contributed by atoms with Gasteiger partial charge in [0.1, 0.15) is 11.6 Å². The fourth-order valence-corrected chi connectivity index (χ4v) is 4.32. The molecule has 2 fully saturated rings. The summed E-state index contributed by atoms with van der Waals surface area (Å²) in [5, 5.41) is 3.57. The van der Waals surface area contributed by atoms with Crippen LogP contribution in [0.5, 0.6) is 0 Å². The van der Waals surface area contributed by atoms with E-state index < -0.39 is 11.6 Å². The van der Waals surface area contributed by atoms with Gasteiger partial charge in [0.2, 0.25) is 0 Å². The molecule has 116 valence electrons. The average Bonchev–Trinajstić information content (AvgIpc) is 2.47. The van der Waals surface area contributed by atoms with Crippen LogP contribution in [0.2, 0.25) is 0 Å². The Hall–Kier alpha value is -0.960. The largest absolute Gasteiger partial charge is 0.307 e. The molecule has 0 aromatic heterocycles. The molecule has 0 radical (unpaired) electrons. The van der Waals surface area contributed by atoms with Crippen LogP contribution in [0, 0.1) is 23.5 Å². The van der Waals surface area contributed by atoms with Crippen LogP contribution in [0.4, 0.5) is 8.78 Å². The molecule has 4 atom stereocenters. The molecule has 0 amide bonds. The van der Waals surface area contributed by atoms with Crippen LogP contribution in [0.1, 0.15) is 63.5 Å². The van der Waals surface area contributed by atoms with Gasteiger partial charge in [-0.25, -0.2) is 8.78 Å². The van der Waals surface area contributed by atoms with E-state index in [2.05, 4.69) is 5.32 Å². The summed E-state index contributed by atoms with van der Waals surface area (Å²) in [6, 6.07) is 4.30. The zero-order valence-corrected chi connectivity index (χ0v) is 12.7. The van der Waals surface area contributed by atoms with Gasteiger partial charge in [-0.2, -0.15) is 0 Å². The molecule has 1 nitrogen and oxygen atoms in total. The first-order chi connectivity index (χ1) is 10.1. The van der Waals surface area contributed by atoms with E-state index in [0.717, 1.165) is 17.9 Å². The average molecular weight is 293 g/mol. The first kappa shape index (κ1) is 15.0. The maximum Gasteiger partial charge on any atom is 0.130 e. The fourth-order valence-electron chi connectivity index (χ4n) is 4.32. The second-order valence-corrected chi connectivity index (χ2v) is 6.87. The van der Waals surface area contributed by atoms with Crippen LogP contribution < -0.4 is 5.32 Å². The third-order valence-corrected chi connectivity index (χ3v) is 5.45. The van der Waals surface area contributed by atoms with Crippen molar-refractivity contribution >= 4 is 0 Å². The molecule has 0 aliphatic heterocycles. The topological polar surface area (TPSA) is 12.0 Å². The minimum Gasteiger partial charge on any atom is -0.307 e. The van der Waals surface area contributed by atoms with E-state index in [1.165, 1.54) is 51.0 Å². The lowest BCUT2D eigenvalue weighted by Crippen LogP contribution is -2.40. The van der Waals surface area contributed by atoms with Crippen molar-refractivity contribution in [1.82, 2.24) is 5.32 Å². The first-order valence-corrected chi connectivity index (χ1v) is 8.34. The number of rotatable bonds is 3. The van der Waals surface area contributed by atoms with E-state index in [1.54, 1.807) is 6.07 Å². The quantitative estimate of drug-likeness (QED) is 0.829.